The summed E-state index contributed by atoms with van der Waals surface area (Å²) in [7, 11) is 0. The van der Waals surface area contributed by atoms with Crippen LogP contribution in [0.3, 0.4) is 0 Å². The zero-order valence-electron chi connectivity index (χ0n) is 4.96. The molecular weight excluding hydrogens is 120 g/mol. The zero-order valence-corrected chi connectivity index (χ0v) is 5.78. The molecule has 0 radical (unpaired) electrons. The number of hydrogen-bond donors (Lipinski definition) is 0. The first-order chi connectivity index (χ1) is 3.84. The Labute approximate surface area is 53.8 Å². The van der Waals surface area contributed by atoms with Gasteiger partial charge in [0.2, 0.25) is 0 Å². The third-order valence-corrected chi connectivity index (χ3v) is 2.96. The van der Waals surface area contributed by atoms with Crippen molar-refractivity contribution in [2.45, 2.75) is 18.6 Å². The fourth-order valence-electron chi connectivity index (χ4n) is 0.927. The molecule has 0 aromatic carbocycles. The van der Waals surface area contributed by atoms with Gasteiger partial charge in [-0.15, -0.1) is 0 Å². The van der Waals surface area contributed by atoms with Crippen molar-refractivity contribution in [3.63, 3.8) is 0 Å². The molecule has 0 saturated carbocycles. The predicted octanol–water partition coefficient (Wildman–Crippen LogP) is 1.33. The highest BCUT2D eigenvalue weighted by atomic mass is 32.2. The highest BCUT2D eigenvalue weighted by Crippen LogP contribution is 2.29. The maximum atomic E-state index is 10.2. The average molecular weight is 130 g/mol. The molecule has 1 aliphatic heterocycles. The molecular formula is C6H10OS. The van der Waals surface area contributed by atoms with Crippen LogP contribution in [-0.4, -0.2) is 17.3 Å². The fourth-order valence-corrected chi connectivity index (χ4v) is 2.15. The molecule has 0 amide bonds. The van der Waals surface area contributed by atoms with E-state index >= 15 is 0 Å². The van der Waals surface area contributed by atoms with Crippen LogP contribution < -0.4 is 0 Å². The molecule has 0 bridgehead atoms. The van der Waals surface area contributed by atoms with Crippen molar-refractivity contribution in [1.82, 2.24) is 0 Å². The molecule has 1 nitrogen and oxygen atoms in total. The molecule has 1 saturated heterocycles. The second-order valence-corrected chi connectivity index (χ2v) is 3.65. The summed E-state index contributed by atoms with van der Waals surface area (Å²) in [6.45, 7) is 2.12. The molecule has 0 aliphatic carbocycles. The standard InChI is InChI=1S/C6H10OS/c1-5-6(4-7)2-3-8-5/h4-6H,2-3H2,1H3. The van der Waals surface area contributed by atoms with Gasteiger partial charge in [0.25, 0.3) is 0 Å². The first-order valence-electron chi connectivity index (χ1n) is 2.91. The summed E-state index contributed by atoms with van der Waals surface area (Å²) >= 11 is 1.90. The molecule has 0 aromatic rings. The molecule has 1 heterocycles. The van der Waals surface area contributed by atoms with Gasteiger partial charge in [0.1, 0.15) is 6.29 Å². The van der Waals surface area contributed by atoms with Gasteiger partial charge in [-0.25, -0.2) is 0 Å². The smallest absolute Gasteiger partial charge is 0.124 e. The largest absolute Gasteiger partial charge is 0.303 e. The molecule has 2 heteroatoms. The van der Waals surface area contributed by atoms with Gasteiger partial charge < -0.3 is 4.79 Å². The van der Waals surface area contributed by atoms with Gasteiger partial charge in [0.05, 0.1) is 0 Å². The maximum absolute atomic E-state index is 10.2. The summed E-state index contributed by atoms with van der Waals surface area (Å²) < 4.78 is 0. The van der Waals surface area contributed by atoms with Gasteiger partial charge in [0, 0.05) is 11.2 Å². The van der Waals surface area contributed by atoms with Crippen molar-refractivity contribution < 1.29 is 4.79 Å². The van der Waals surface area contributed by atoms with E-state index in [1.54, 1.807) is 0 Å². The highest BCUT2D eigenvalue weighted by molar-refractivity contribution is 8.00. The summed E-state index contributed by atoms with van der Waals surface area (Å²) in [5.74, 6) is 1.52. The van der Waals surface area contributed by atoms with Crippen LogP contribution in [0, 0.1) is 5.92 Å². The molecule has 0 N–H and O–H groups in total. The van der Waals surface area contributed by atoms with Gasteiger partial charge in [-0.1, -0.05) is 6.92 Å². The average Bonchev–Trinajstić information content (AvgIpc) is 2.14. The van der Waals surface area contributed by atoms with Crippen LogP contribution in [0.5, 0.6) is 0 Å². The lowest BCUT2D eigenvalue weighted by molar-refractivity contribution is -0.110. The monoisotopic (exact) mass is 130 g/mol. The van der Waals surface area contributed by atoms with Crippen LogP contribution in [0.1, 0.15) is 13.3 Å². The van der Waals surface area contributed by atoms with Crippen molar-refractivity contribution >= 4 is 18.0 Å². The van der Waals surface area contributed by atoms with Crippen LogP contribution in [0.15, 0.2) is 0 Å². The van der Waals surface area contributed by atoms with Crippen molar-refractivity contribution in [2.75, 3.05) is 5.75 Å². The molecule has 1 aliphatic rings. The number of hydrogen-bond acceptors (Lipinski definition) is 2. The quantitative estimate of drug-likeness (QED) is 0.498. The van der Waals surface area contributed by atoms with Crippen LogP contribution in [0.4, 0.5) is 0 Å². The number of rotatable bonds is 1. The van der Waals surface area contributed by atoms with E-state index in [0.29, 0.717) is 11.2 Å². The van der Waals surface area contributed by atoms with Gasteiger partial charge in [-0.2, -0.15) is 11.8 Å². The summed E-state index contributed by atoms with van der Waals surface area (Å²) in [5.41, 5.74) is 0. The molecule has 0 spiro atoms. The van der Waals surface area contributed by atoms with Crippen LogP contribution >= 0.6 is 11.8 Å². The Bertz CT molecular complexity index is 92.5. The highest BCUT2D eigenvalue weighted by Gasteiger charge is 2.22. The Morgan fingerprint density at radius 2 is 2.50 bits per heavy atom. The van der Waals surface area contributed by atoms with E-state index in [1.165, 1.54) is 5.75 Å². The third kappa shape index (κ3) is 1.05. The molecule has 0 aromatic heterocycles. The van der Waals surface area contributed by atoms with Crippen molar-refractivity contribution in [2.24, 2.45) is 5.92 Å². The predicted molar refractivity (Wildman–Crippen MR) is 36.1 cm³/mol. The molecule has 8 heavy (non-hydrogen) atoms. The zero-order chi connectivity index (χ0) is 5.98. The number of carbonyl (C=O) groups excluding carboxylic acids is 1. The van der Waals surface area contributed by atoms with Crippen LogP contribution in [0.2, 0.25) is 0 Å². The lowest BCUT2D eigenvalue weighted by Gasteiger charge is -2.02. The Kier molecular flexibility index (Phi) is 1.95. The van der Waals surface area contributed by atoms with E-state index < -0.39 is 0 Å². The lowest BCUT2D eigenvalue weighted by Crippen LogP contribution is -2.07. The van der Waals surface area contributed by atoms with Gasteiger partial charge in [-0.3, -0.25) is 0 Å². The molecule has 1 fully saturated rings. The molecule has 1 rings (SSSR count). The minimum atomic E-state index is 0.347. The minimum Gasteiger partial charge on any atom is -0.303 e. The van der Waals surface area contributed by atoms with E-state index in [1.807, 2.05) is 11.8 Å². The minimum absolute atomic E-state index is 0.347. The SMILES string of the molecule is CC1SCCC1C=O. The molecule has 2 atom stereocenters. The summed E-state index contributed by atoms with van der Waals surface area (Å²) in [6.07, 6.45) is 2.18. The first-order valence-corrected chi connectivity index (χ1v) is 3.96. The third-order valence-electron chi connectivity index (χ3n) is 1.61. The Morgan fingerprint density at radius 1 is 1.75 bits per heavy atom. The van der Waals surface area contributed by atoms with E-state index in [9.17, 15) is 4.79 Å². The summed E-state index contributed by atoms with van der Waals surface area (Å²) in [6, 6.07) is 0. The Hall–Kier alpha value is 0.0200. The molecule has 2 unspecified atom stereocenters. The lowest BCUT2D eigenvalue weighted by atomic mass is 10.1. The van der Waals surface area contributed by atoms with Crippen molar-refractivity contribution in [3.8, 4) is 0 Å². The maximum Gasteiger partial charge on any atom is 0.124 e. The topological polar surface area (TPSA) is 17.1 Å². The normalized spacial score (nSPS) is 37.6. The summed E-state index contributed by atoms with van der Waals surface area (Å²) in [4.78, 5) is 10.2. The second-order valence-electron chi connectivity index (χ2n) is 2.16. The number of thioether (sulfide) groups is 1. The van der Waals surface area contributed by atoms with Crippen molar-refractivity contribution in [1.29, 1.82) is 0 Å². The Balaban J connectivity index is 2.41. The van der Waals surface area contributed by atoms with E-state index in [4.69, 9.17) is 0 Å². The first kappa shape index (κ1) is 6.14. The van der Waals surface area contributed by atoms with Gasteiger partial charge >= 0.3 is 0 Å². The number of carbonyl (C=O) groups is 1. The second kappa shape index (κ2) is 2.53. The van der Waals surface area contributed by atoms with Crippen molar-refractivity contribution in [3.05, 3.63) is 0 Å². The molecule has 46 valence electrons. The van der Waals surface area contributed by atoms with Crippen LogP contribution in [-0.2, 0) is 4.79 Å². The van der Waals surface area contributed by atoms with E-state index in [2.05, 4.69) is 6.92 Å². The van der Waals surface area contributed by atoms with Gasteiger partial charge in [0.15, 0.2) is 0 Å². The number of aldehydes is 1. The van der Waals surface area contributed by atoms with E-state index in [0.717, 1.165) is 12.7 Å². The van der Waals surface area contributed by atoms with E-state index in [-0.39, 0.29) is 0 Å². The Morgan fingerprint density at radius 3 is 2.75 bits per heavy atom. The summed E-state index contributed by atoms with van der Waals surface area (Å²) in [5, 5.41) is 0.576. The fraction of sp³-hybridized carbons (Fsp3) is 0.833. The van der Waals surface area contributed by atoms with Crippen LogP contribution in [0.25, 0.3) is 0 Å². The van der Waals surface area contributed by atoms with Gasteiger partial charge in [-0.05, 0) is 12.2 Å².